The Morgan fingerprint density at radius 2 is 1.81 bits per heavy atom. The van der Waals surface area contributed by atoms with Crippen LogP contribution in [0.2, 0.25) is 5.02 Å². The Bertz CT molecular complexity index is 964. The fraction of sp³-hybridized carbons (Fsp3) is 0.333. The van der Waals surface area contributed by atoms with Gasteiger partial charge >= 0.3 is 0 Å². The normalized spacial score (nSPS) is 13.6. The number of benzene rings is 2. The van der Waals surface area contributed by atoms with Gasteiger partial charge in [-0.2, -0.15) is 0 Å². The summed E-state index contributed by atoms with van der Waals surface area (Å²) in [6, 6.07) is 10.4. The first-order valence-corrected chi connectivity index (χ1v) is 10.7. The number of hydrogen-bond donors (Lipinski definition) is 1. The Balaban J connectivity index is 1.63. The van der Waals surface area contributed by atoms with Gasteiger partial charge in [-0.15, -0.1) is 0 Å². The van der Waals surface area contributed by atoms with Crippen LogP contribution in [0.1, 0.15) is 42.6 Å². The van der Waals surface area contributed by atoms with Crippen LogP contribution in [0.15, 0.2) is 42.5 Å². The number of amides is 2. The highest BCUT2D eigenvalue weighted by molar-refractivity contribution is 6.32. The second-order valence-electron chi connectivity index (χ2n) is 7.60. The smallest absolute Gasteiger partial charge is 0.253 e. The molecule has 6 nitrogen and oxygen atoms in total. The lowest BCUT2D eigenvalue weighted by atomic mass is 10.1. The van der Waals surface area contributed by atoms with Crippen molar-refractivity contribution in [2.75, 3.05) is 25.5 Å². The number of hydrogen-bond acceptors (Lipinski definition) is 4. The molecule has 3 rings (SSSR count). The SMILES string of the molecule is COc1cc(/C=C/C(=O)Nc2ccc(C(=O)N3CCCC3)cc2)cc(Cl)c1OC(C)C. The molecule has 2 aromatic rings. The number of carbonyl (C=O) groups excluding carboxylic acids is 2. The molecule has 0 aromatic heterocycles. The van der Waals surface area contributed by atoms with Crippen molar-refractivity contribution in [3.63, 3.8) is 0 Å². The van der Waals surface area contributed by atoms with E-state index in [1.54, 1.807) is 42.5 Å². The molecule has 0 spiro atoms. The zero-order chi connectivity index (χ0) is 22.4. The van der Waals surface area contributed by atoms with Gasteiger partial charge in [0.15, 0.2) is 11.5 Å². The molecular formula is C24H27ClN2O4. The van der Waals surface area contributed by atoms with E-state index in [-0.39, 0.29) is 17.9 Å². The predicted octanol–water partition coefficient (Wildman–Crippen LogP) is 5.02. The third kappa shape index (κ3) is 6.01. The molecule has 0 atom stereocenters. The number of anilines is 1. The lowest BCUT2D eigenvalue weighted by molar-refractivity contribution is -0.111. The van der Waals surface area contributed by atoms with Gasteiger partial charge in [0.25, 0.3) is 5.91 Å². The van der Waals surface area contributed by atoms with Crippen LogP contribution in [-0.2, 0) is 4.79 Å². The molecule has 0 bridgehead atoms. The molecule has 0 radical (unpaired) electrons. The van der Waals surface area contributed by atoms with E-state index in [0.717, 1.165) is 25.9 Å². The van der Waals surface area contributed by atoms with E-state index in [2.05, 4.69) is 5.32 Å². The summed E-state index contributed by atoms with van der Waals surface area (Å²) >= 11 is 6.32. The van der Waals surface area contributed by atoms with E-state index in [1.807, 2.05) is 18.7 Å². The van der Waals surface area contributed by atoms with Gasteiger partial charge in [0, 0.05) is 30.4 Å². The van der Waals surface area contributed by atoms with E-state index < -0.39 is 0 Å². The number of ether oxygens (including phenoxy) is 2. The Hall–Kier alpha value is -2.99. The molecule has 0 saturated carbocycles. The molecule has 1 aliphatic rings. The number of likely N-dealkylation sites (tertiary alicyclic amines) is 1. The topological polar surface area (TPSA) is 67.9 Å². The molecule has 31 heavy (non-hydrogen) atoms. The van der Waals surface area contributed by atoms with Crippen molar-refractivity contribution in [2.45, 2.75) is 32.8 Å². The molecule has 1 N–H and O–H groups in total. The lowest BCUT2D eigenvalue weighted by Gasteiger charge is -2.15. The maximum atomic E-state index is 12.4. The van der Waals surface area contributed by atoms with Crippen LogP contribution in [0.25, 0.3) is 6.08 Å². The molecule has 1 fully saturated rings. The van der Waals surface area contributed by atoms with Crippen molar-refractivity contribution in [1.82, 2.24) is 4.90 Å². The maximum absolute atomic E-state index is 12.4. The quantitative estimate of drug-likeness (QED) is 0.611. The van der Waals surface area contributed by atoms with Crippen molar-refractivity contribution in [3.8, 4) is 11.5 Å². The first-order chi connectivity index (χ1) is 14.9. The number of rotatable bonds is 7. The third-order valence-corrected chi connectivity index (χ3v) is 5.11. The second kappa shape index (κ2) is 10.4. The van der Waals surface area contributed by atoms with E-state index in [0.29, 0.717) is 33.3 Å². The fourth-order valence-corrected chi connectivity index (χ4v) is 3.60. The molecule has 0 unspecified atom stereocenters. The maximum Gasteiger partial charge on any atom is 0.253 e. The van der Waals surface area contributed by atoms with Crippen molar-refractivity contribution in [3.05, 3.63) is 58.6 Å². The zero-order valence-electron chi connectivity index (χ0n) is 18.0. The van der Waals surface area contributed by atoms with Crippen molar-refractivity contribution >= 4 is 35.2 Å². The summed E-state index contributed by atoms with van der Waals surface area (Å²) in [6.45, 7) is 5.43. The van der Waals surface area contributed by atoms with Crippen LogP contribution in [0, 0.1) is 0 Å². The molecule has 0 aliphatic carbocycles. The van der Waals surface area contributed by atoms with Crippen molar-refractivity contribution in [2.24, 2.45) is 0 Å². The highest BCUT2D eigenvalue weighted by Gasteiger charge is 2.19. The minimum absolute atomic E-state index is 0.0333. The Labute approximate surface area is 187 Å². The number of carbonyl (C=O) groups is 2. The molecule has 2 aromatic carbocycles. The fourth-order valence-electron chi connectivity index (χ4n) is 3.34. The summed E-state index contributed by atoms with van der Waals surface area (Å²) in [6.07, 6.45) is 5.12. The number of nitrogens with zero attached hydrogens (tertiary/aromatic N) is 1. The van der Waals surface area contributed by atoms with Crippen molar-refractivity contribution < 1.29 is 19.1 Å². The molecule has 164 valence electrons. The minimum atomic E-state index is -0.295. The van der Waals surface area contributed by atoms with Crippen LogP contribution in [0.5, 0.6) is 11.5 Å². The minimum Gasteiger partial charge on any atom is -0.493 e. The first-order valence-electron chi connectivity index (χ1n) is 10.3. The number of nitrogens with one attached hydrogen (secondary N) is 1. The summed E-state index contributed by atoms with van der Waals surface area (Å²) in [5, 5.41) is 3.20. The van der Waals surface area contributed by atoms with Gasteiger partial charge in [-0.05, 0) is 74.7 Å². The largest absolute Gasteiger partial charge is 0.493 e. The van der Waals surface area contributed by atoms with Gasteiger partial charge in [-0.25, -0.2) is 0 Å². The van der Waals surface area contributed by atoms with E-state index in [1.165, 1.54) is 13.2 Å². The van der Waals surface area contributed by atoms with Gasteiger partial charge < -0.3 is 19.7 Å². The summed E-state index contributed by atoms with van der Waals surface area (Å²) < 4.78 is 11.1. The summed E-state index contributed by atoms with van der Waals surface area (Å²) in [7, 11) is 1.54. The standard InChI is InChI=1S/C24H27ClN2O4/c1-16(2)31-23-20(25)14-17(15-21(23)30-3)6-11-22(28)26-19-9-7-18(8-10-19)24(29)27-12-4-5-13-27/h6-11,14-16H,4-5,12-13H2,1-3H3,(H,26,28)/b11-6+. The Kier molecular flexibility index (Phi) is 7.58. The second-order valence-corrected chi connectivity index (χ2v) is 8.01. The molecule has 1 aliphatic heterocycles. The number of halogens is 1. The summed E-state index contributed by atoms with van der Waals surface area (Å²) in [4.78, 5) is 26.6. The third-order valence-electron chi connectivity index (χ3n) is 4.83. The molecule has 1 saturated heterocycles. The van der Waals surface area contributed by atoms with Crippen molar-refractivity contribution in [1.29, 1.82) is 0 Å². The van der Waals surface area contributed by atoms with E-state index in [9.17, 15) is 9.59 Å². The van der Waals surface area contributed by atoms with Crippen LogP contribution in [0.4, 0.5) is 5.69 Å². The van der Waals surface area contributed by atoms with Gasteiger partial charge in [0.05, 0.1) is 18.2 Å². The van der Waals surface area contributed by atoms with Gasteiger partial charge in [-0.3, -0.25) is 9.59 Å². The molecular weight excluding hydrogens is 416 g/mol. The Morgan fingerprint density at radius 3 is 2.42 bits per heavy atom. The molecule has 2 amide bonds. The van der Waals surface area contributed by atoms with Gasteiger partial charge in [-0.1, -0.05) is 11.6 Å². The molecule has 7 heteroatoms. The van der Waals surface area contributed by atoms with E-state index in [4.69, 9.17) is 21.1 Å². The molecule has 1 heterocycles. The average molecular weight is 443 g/mol. The van der Waals surface area contributed by atoms with Crippen LogP contribution < -0.4 is 14.8 Å². The summed E-state index contributed by atoms with van der Waals surface area (Å²) in [5.74, 6) is 0.714. The monoisotopic (exact) mass is 442 g/mol. The zero-order valence-corrected chi connectivity index (χ0v) is 18.7. The predicted molar refractivity (Wildman–Crippen MR) is 123 cm³/mol. The highest BCUT2D eigenvalue weighted by Crippen LogP contribution is 2.37. The van der Waals surface area contributed by atoms with Gasteiger partial charge in [0.1, 0.15) is 0 Å². The first kappa shape index (κ1) is 22.7. The average Bonchev–Trinajstić information content (AvgIpc) is 3.28. The van der Waals surface area contributed by atoms with Crippen LogP contribution >= 0.6 is 11.6 Å². The number of methoxy groups -OCH3 is 1. The summed E-state index contributed by atoms with van der Waals surface area (Å²) in [5.41, 5.74) is 1.95. The van der Waals surface area contributed by atoms with Gasteiger partial charge in [0.2, 0.25) is 5.91 Å². The highest BCUT2D eigenvalue weighted by atomic mass is 35.5. The lowest BCUT2D eigenvalue weighted by Crippen LogP contribution is -2.27. The Morgan fingerprint density at radius 1 is 1.13 bits per heavy atom. The van der Waals surface area contributed by atoms with Crippen LogP contribution in [-0.4, -0.2) is 43.0 Å². The van der Waals surface area contributed by atoms with E-state index >= 15 is 0 Å². The van der Waals surface area contributed by atoms with Crippen LogP contribution in [0.3, 0.4) is 0 Å².